The Labute approximate surface area is 217 Å². The number of nitrogens with one attached hydrogen (secondary N) is 2. The molecule has 0 saturated heterocycles. The molecule has 4 aromatic rings. The maximum Gasteiger partial charge on any atom is 0.321 e. The lowest BCUT2D eigenvalue weighted by atomic mass is 10.0. The molecule has 1 aromatic heterocycles. The molecular weight excluding hydrogens is 511 g/mol. The van der Waals surface area contributed by atoms with Crippen LogP contribution < -0.4 is 14.8 Å². The molecule has 0 aliphatic rings. The van der Waals surface area contributed by atoms with Crippen molar-refractivity contribution in [1.29, 1.82) is 0 Å². The molecule has 1 atom stereocenters. The van der Waals surface area contributed by atoms with Gasteiger partial charge in [-0.15, -0.1) is 0 Å². The summed E-state index contributed by atoms with van der Waals surface area (Å²) in [6, 6.07) is 15.5. The van der Waals surface area contributed by atoms with E-state index < -0.39 is 12.0 Å². The summed E-state index contributed by atoms with van der Waals surface area (Å²) in [5.74, 6) is -0.0289. The number of aromatic amines is 1. The van der Waals surface area contributed by atoms with E-state index in [9.17, 15) is 9.90 Å². The maximum atomic E-state index is 11.9. The van der Waals surface area contributed by atoms with Crippen LogP contribution in [0.1, 0.15) is 16.7 Å². The Balaban J connectivity index is 1.46. The van der Waals surface area contributed by atoms with Crippen molar-refractivity contribution in [3.63, 3.8) is 0 Å². The van der Waals surface area contributed by atoms with Crippen molar-refractivity contribution in [2.75, 3.05) is 7.11 Å². The Morgan fingerprint density at radius 2 is 1.77 bits per heavy atom. The van der Waals surface area contributed by atoms with Crippen LogP contribution in [0.15, 0.2) is 60.8 Å². The number of aromatic nitrogens is 1. The normalized spacial score (nSPS) is 12.0. The van der Waals surface area contributed by atoms with Crippen LogP contribution in [-0.2, 0) is 24.4 Å². The standard InChI is InChI=1S/C26H23Cl3N2O4/c1-34-24-9-17(21(29)11-25(24)35-14-15-6-7-18(27)10-20(15)28)13-31-23(26(32)33)8-16-12-30-22-5-3-2-4-19(16)22/h2-7,9-12,23,30-31H,8,13-14H2,1H3,(H,32,33). The first-order valence-corrected chi connectivity index (χ1v) is 11.9. The molecule has 9 heteroatoms. The highest BCUT2D eigenvalue weighted by Crippen LogP contribution is 2.34. The molecule has 1 heterocycles. The zero-order chi connectivity index (χ0) is 24.9. The predicted octanol–water partition coefficient (Wildman–Crippen LogP) is 6.50. The number of hydrogen-bond acceptors (Lipinski definition) is 4. The fraction of sp³-hybridized carbons (Fsp3) is 0.192. The van der Waals surface area contributed by atoms with Gasteiger partial charge in [0.05, 0.1) is 7.11 Å². The fourth-order valence-electron chi connectivity index (χ4n) is 3.78. The molecule has 1 unspecified atom stereocenters. The summed E-state index contributed by atoms with van der Waals surface area (Å²) >= 11 is 18.7. The van der Waals surface area contributed by atoms with Crippen molar-refractivity contribution in [1.82, 2.24) is 10.3 Å². The van der Waals surface area contributed by atoms with Crippen molar-refractivity contribution >= 4 is 51.7 Å². The van der Waals surface area contributed by atoms with E-state index in [2.05, 4.69) is 10.3 Å². The van der Waals surface area contributed by atoms with Gasteiger partial charge < -0.3 is 19.6 Å². The van der Waals surface area contributed by atoms with Crippen LogP contribution in [0.3, 0.4) is 0 Å². The van der Waals surface area contributed by atoms with Crippen LogP contribution in [0.4, 0.5) is 0 Å². The van der Waals surface area contributed by atoms with Gasteiger partial charge in [0.15, 0.2) is 11.5 Å². The molecule has 182 valence electrons. The lowest BCUT2D eigenvalue weighted by Gasteiger charge is -2.17. The van der Waals surface area contributed by atoms with E-state index in [1.54, 1.807) is 30.3 Å². The molecule has 0 spiro atoms. The monoisotopic (exact) mass is 532 g/mol. The Hall–Kier alpha value is -2.90. The zero-order valence-corrected chi connectivity index (χ0v) is 21.0. The molecule has 0 amide bonds. The number of aliphatic carboxylic acids is 1. The number of rotatable bonds is 10. The molecule has 0 saturated carbocycles. The highest BCUT2D eigenvalue weighted by molar-refractivity contribution is 6.35. The number of carboxylic acids is 1. The maximum absolute atomic E-state index is 11.9. The molecule has 4 rings (SSSR count). The Kier molecular flexibility index (Phi) is 8.08. The Bertz CT molecular complexity index is 1360. The topological polar surface area (TPSA) is 83.6 Å². The smallest absolute Gasteiger partial charge is 0.321 e. The van der Waals surface area contributed by atoms with Crippen LogP contribution in [0.2, 0.25) is 15.1 Å². The number of ether oxygens (including phenoxy) is 2. The second-order valence-corrected chi connectivity index (χ2v) is 9.21. The quantitative estimate of drug-likeness (QED) is 0.217. The van der Waals surface area contributed by atoms with Gasteiger partial charge in [-0.25, -0.2) is 0 Å². The van der Waals surface area contributed by atoms with Gasteiger partial charge in [-0.2, -0.15) is 0 Å². The molecular formula is C26H23Cl3N2O4. The van der Waals surface area contributed by atoms with Crippen molar-refractivity contribution < 1.29 is 19.4 Å². The van der Waals surface area contributed by atoms with Crippen LogP contribution >= 0.6 is 34.8 Å². The summed E-state index contributed by atoms with van der Waals surface area (Å²) in [7, 11) is 1.53. The first-order chi connectivity index (χ1) is 16.9. The summed E-state index contributed by atoms with van der Waals surface area (Å²) in [6.07, 6.45) is 2.16. The Morgan fingerprint density at radius 3 is 2.51 bits per heavy atom. The summed E-state index contributed by atoms with van der Waals surface area (Å²) in [5.41, 5.74) is 3.34. The van der Waals surface area contributed by atoms with E-state index in [0.717, 1.165) is 22.0 Å². The minimum absolute atomic E-state index is 0.200. The highest BCUT2D eigenvalue weighted by atomic mass is 35.5. The largest absolute Gasteiger partial charge is 0.493 e. The molecule has 0 radical (unpaired) electrons. The lowest BCUT2D eigenvalue weighted by Crippen LogP contribution is -2.38. The van der Waals surface area contributed by atoms with Crippen LogP contribution in [-0.4, -0.2) is 29.2 Å². The minimum atomic E-state index is -0.946. The number of hydrogen-bond donors (Lipinski definition) is 3. The molecule has 0 fully saturated rings. The van der Waals surface area contributed by atoms with E-state index in [1.165, 1.54) is 7.11 Å². The third-order valence-electron chi connectivity index (χ3n) is 5.67. The minimum Gasteiger partial charge on any atom is -0.493 e. The van der Waals surface area contributed by atoms with Crippen LogP contribution in [0.25, 0.3) is 10.9 Å². The highest BCUT2D eigenvalue weighted by Gasteiger charge is 2.20. The first kappa shape index (κ1) is 25.2. The van der Waals surface area contributed by atoms with Crippen molar-refractivity contribution in [2.45, 2.75) is 25.6 Å². The number of H-pyrrole nitrogens is 1. The SMILES string of the molecule is COc1cc(CNC(Cc2c[nH]c3ccccc23)C(=O)O)c(Cl)cc1OCc1ccc(Cl)cc1Cl. The number of benzene rings is 3. The molecule has 3 aromatic carbocycles. The summed E-state index contributed by atoms with van der Waals surface area (Å²) < 4.78 is 11.4. The van der Waals surface area contributed by atoms with Crippen LogP contribution in [0, 0.1) is 0 Å². The third-order valence-corrected chi connectivity index (χ3v) is 6.61. The zero-order valence-electron chi connectivity index (χ0n) is 18.8. The molecule has 35 heavy (non-hydrogen) atoms. The van der Waals surface area contributed by atoms with Gasteiger partial charge >= 0.3 is 5.97 Å². The number of carboxylic acid groups (broad SMARTS) is 1. The average Bonchev–Trinajstić information content (AvgIpc) is 3.24. The molecule has 0 bridgehead atoms. The van der Waals surface area contributed by atoms with Gasteiger partial charge in [0.25, 0.3) is 0 Å². The molecule has 6 nitrogen and oxygen atoms in total. The van der Waals surface area contributed by atoms with E-state index in [1.807, 2.05) is 30.5 Å². The van der Waals surface area contributed by atoms with Gasteiger partial charge in [0, 0.05) is 56.8 Å². The average molecular weight is 534 g/mol. The number of para-hydroxylation sites is 1. The van der Waals surface area contributed by atoms with Crippen molar-refractivity contribution in [2.24, 2.45) is 0 Å². The second-order valence-electron chi connectivity index (χ2n) is 7.95. The summed E-state index contributed by atoms with van der Waals surface area (Å²) in [4.78, 5) is 15.1. The molecule has 0 aliphatic carbocycles. The van der Waals surface area contributed by atoms with E-state index >= 15 is 0 Å². The second kappa shape index (κ2) is 11.2. The van der Waals surface area contributed by atoms with Gasteiger partial charge in [-0.05, 0) is 35.4 Å². The molecule has 0 aliphatic heterocycles. The van der Waals surface area contributed by atoms with Gasteiger partial charge in [-0.3, -0.25) is 10.1 Å². The number of fused-ring (bicyclic) bond motifs is 1. The lowest BCUT2D eigenvalue weighted by molar-refractivity contribution is -0.139. The van der Waals surface area contributed by atoms with Gasteiger partial charge in [-0.1, -0.05) is 59.1 Å². The van der Waals surface area contributed by atoms with Gasteiger partial charge in [0.2, 0.25) is 0 Å². The number of halogens is 3. The van der Waals surface area contributed by atoms with E-state index in [0.29, 0.717) is 38.6 Å². The van der Waals surface area contributed by atoms with Crippen molar-refractivity contribution in [3.05, 3.63) is 92.6 Å². The number of carbonyl (C=O) groups is 1. The summed E-state index contributed by atoms with van der Waals surface area (Å²) in [6.45, 7) is 0.434. The van der Waals surface area contributed by atoms with Gasteiger partial charge in [0.1, 0.15) is 12.6 Å². The molecule has 3 N–H and O–H groups in total. The number of methoxy groups -OCH3 is 1. The Morgan fingerprint density at radius 1 is 1.00 bits per heavy atom. The predicted molar refractivity (Wildman–Crippen MR) is 139 cm³/mol. The van der Waals surface area contributed by atoms with Crippen molar-refractivity contribution in [3.8, 4) is 11.5 Å². The fourth-order valence-corrected chi connectivity index (χ4v) is 4.46. The first-order valence-electron chi connectivity index (χ1n) is 10.8. The van der Waals surface area contributed by atoms with E-state index in [-0.39, 0.29) is 13.2 Å². The van der Waals surface area contributed by atoms with Crippen LogP contribution in [0.5, 0.6) is 11.5 Å². The third kappa shape index (κ3) is 6.03. The van der Waals surface area contributed by atoms with E-state index in [4.69, 9.17) is 44.3 Å². The summed E-state index contributed by atoms with van der Waals surface area (Å²) in [5, 5.41) is 15.3.